The summed E-state index contributed by atoms with van der Waals surface area (Å²) >= 11 is 3.11. The van der Waals surface area contributed by atoms with Gasteiger partial charge in [-0.05, 0) is 66.3 Å². The number of benzene rings is 2. The first-order valence-electron chi connectivity index (χ1n) is 7.87. The molecule has 128 valence electrons. The van der Waals surface area contributed by atoms with Crippen molar-refractivity contribution in [1.29, 1.82) is 0 Å². The highest BCUT2D eigenvalue weighted by molar-refractivity contribution is 9.10. The van der Waals surface area contributed by atoms with E-state index in [-0.39, 0.29) is 5.91 Å². The number of carbonyl (C=O) groups is 1. The summed E-state index contributed by atoms with van der Waals surface area (Å²) in [5.74, 6) is -0.591. The fraction of sp³-hybridized carbons (Fsp3) is 0.316. The van der Waals surface area contributed by atoms with E-state index in [0.717, 1.165) is 12.1 Å². The van der Waals surface area contributed by atoms with Gasteiger partial charge in [-0.1, -0.05) is 24.3 Å². The third kappa shape index (κ3) is 4.89. The van der Waals surface area contributed by atoms with Gasteiger partial charge in [0.1, 0.15) is 5.82 Å². The van der Waals surface area contributed by atoms with Crippen LogP contribution in [0.25, 0.3) is 0 Å². The van der Waals surface area contributed by atoms with Gasteiger partial charge in [-0.3, -0.25) is 4.79 Å². The van der Waals surface area contributed by atoms with Gasteiger partial charge in [0.05, 0.1) is 4.47 Å². The Labute approximate surface area is 151 Å². The second-order valence-corrected chi connectivity index (χ2v) is 6.86. The van der Waals surface area contributed by atoms with E-state index in [1.807, 2.05) is 33.2 Å². The maximum absolute atomic E-state index is 13.7. The number of hydrogen-bond donors (Lipinski definition) is 0. The zero-order valence-electron chi connectivity index (χ0n) is 14.2. The molecule has 1 amide bonds. The van der Waals surface area contributed by atoms with Crippen LogP contribution in [-0.2, 0) is 13.1 Å². The minimum Gasteiger partial charge on any atom is -0.335 e. The molecule has 0 aliphatic carbocycles. The molecular formula is C19H22BrFN2O. The first-order valence-corrected chi connectivity index (χ1v) is 8.67. The quantitative estimate of drug-likeness (QED) is 0.730. The van der Waals surface area contributed by atoms with E-state index in [0.29, 0.717) is 23.1 Å². The van der Waals surface area contributed by atoms with Crippen LogP contribution in [-0.4, -0.2) is 36.3 Å². The van der Waals surface area contributed by atoms with Crippen molar-refractivity contribution >= 4 is 21.8 Å². The van der Waals surface area contributed by atoms with Gasteiger partial charge in [0.2, 0.25) is 0 Å². The van der Waals surface area contributed by atoms with Crippen molar-refractivity contribution in [3.05, 3.63) is 69.4 Å². The van der Waals surface area contributed by atoms with Gasteiger partial charge >= 0.3 is 0 Å². The van der Waals surface area contributed by atoms with Crippen LogP contribution >= 0.6 is 15.9 Å². The lowest BCUT2D eigenvalue weighted by Gasteiger charge is -2.21. The summed E-state index contributed by atoms with van der Waals surface area (Å²) in [5.41, 5.74) is 2.65. The fourth-order valence-electron chi connectivity index (χ4n) is 2.47. The van der Waals surface area contributed by atoms with Gasteiger partial charge in [-0.15, -0.1) is 0 Å². The smallest absolute Gasteiger partial charge is 0.254 e. The van der Waals surface area contributed by atoms with Crippen molar-refractivity contribution in [2.24, 2.45) is 0 Å². The lowest BCUT2D eigenvalue weighted by atomic mass is 10.1. The Kier molecular flexibility index (Phi) is 6.52. The fourth-order valence-corrected chi connectivity index (χ4v) is 2.72. The molecule has 2 aromatic carbocycles. The molecule has 0 aromatic heterocycles. The van der Waals surface area contributed by atoms with Gasteiger partial charge in [-0.25, -0.2) is 4.39 Å². The molecule has 0 saturated heterocycles. The molecule has 24 heavy (non-hydrogen) atoms. The van der Waals surface area contributed by atoms with Crippen LogP contribution in [0.3, 0.4) is 0 Å². The first kappa shape index (κ1) is 18.6. The van der Waals surface area contributed by atoms with Crippen molar-refractivity contribution in [3.63, 3.8) is 0 Å². The Morgan fingerprint density at radius 3 is 2.12 bits per heavy atom. The van der Waals surface area contributed by atoms with Gasteiger partial charge in [0, 0.05) is 25.2 Å². The van der Waals surface area contributed by atoms with Gasteiger partial charge in [0.25, 0.3) is 5.91 Å². The molecule has 0 bridgehead atoms. The zero-order chi connectivity index (χ0) is 17.7. The van der Waals surface area contributed by atoms with E-state index in [1.165, 1.54) is 11.6 Å². The summed E-state index contributed by atoms with van der Waals surface area (Å²) in [6, 6.07) is 12.7. The molecule has 0 saturated carbocycles. The Hall–Kier alpha value is -1.72. The molecule has 0 aliphatic rings. The van der Waals surface area contributed by atoms with E-state index >= 15 is 0 Å². The third-order valence-corrected chi connectivity index (χ3v) is 4.37. The summed E-state index contributed by atoms with van der Waals surface area (Å²) in [5, 5.41) is 0. The van der Waals surface area contributed by atoms with Crippen molar-refractivity contribution in [2.45, 2.75) is 20.0 Å². The predicted molar refractivity (Wildman–Crippen MR) is 98.3 cm³/mol. The molecule has 0 N–H and O–H groups in total. The largest absolute Gasteiger partial charge is 0.335 e. The van der Waals surface area contributed by atoms with E-state index in [2.05, 4.69) is 33.0 Å². The topological polar surface area (TPSA) is 23.6 Å². The lowest BCUT2D eigenvalue weighted by molar-refractivity contribution is 0.0752. The van der Waals surface area contributed by atoms with Crippen LogP contribution in [0.5, 0.6) is 0 Å². The van der Waals surface area contributed by atoms with Crippen LogP contribution < -0.4 is 0 Å². The Bertz CT molecular complexity index is 701. The number of hydrogen-bond acceptors (Lipinski definition) is 2. The number of carbonyl (C=O) groups excluding carboxylic acids is 1. The normalized spacial score (nSPS) is 10.9. The van der Waals surface area contributed by atoms with Crippen LogP contribution in [0.1, 0.15) is 28.4 Å². The molecule has 0 fully saturated rings. The van der Waals surface area contributed by atoms with Crippen molar-refractivity contribution in [3.8, 4) is 0 Å². The summed E-state index contributed by atoms with van der Waals surface area (Å²) in [6.07, 6.45) is 0. The predicted octanol–water partition coefficient (Wildman–Crippen LogP) is 4.31. The number of rotatable bonds is 6. The highest BCUT2D eigenvalue weighted by Crippen LogP contribution is 2.18. The Balaban J connectivity index is 2.10. The molecule has 0 aliphatic heterocycles. The Morgan fingerprint density at radius 2 is 1.62 bits per heavy atom. The minimum atomic E-state index is -0.426. The number of halogens is 2. The van der Waals surface area contributed by atoms with Crippen LogP contribution in [0.15, 0.2) is 46.9 Å². The number of nitrogens with zero attached hydrogens (tertiary/aromatic N) is 2. The highest BCUT2D eigenvalue weighted by Gasteiger charge is 2.16. The molecule has 2 rings (SSSR count). The van der Waals surface area contributed by atoms with Crippen molar-refractivity contribution in [1.82, 2.24) is 9.80 Å². The Morgan fingerprint density at radius 1 is 1.04 bits per heavy atom. The van der Waals surface area contributed by atoms with Crippen LogP contribution in [0.4, 0.5) is 4.39 Å². The summed E-state index contributed by atoms with van der Waals surface area (Å²) in [6.45, 7) is 3.88. The maximum Gasteiger partial charge on any atom is 0.254 e. The molecule has 0 spiro atoms. The summed E-state index contributed by atoms with van der Waals surface area (Å²) in [4.78, 5) is 16.4. The summed E-state index contributed by atoms with van der Waals surface area (Å²) in [7, 11) is 4.06. The first-order chi connectivity index (χ1) is 11.4. The SMILES string of the molecule is CCN(Cc1ccc(CN(C)C)cc1)C(=O)c1ccc(Br)c(F)c1. The van der Waals surface area contributed by atoms with Crippen molar-refractivity contribution < 1.29 is 9.18 Å². The number of amides is 1. The van der Waals surface area contributed by atoms with E-state index < -0.39 is 5.82 Å². The van der Waals surface area contributed by atoms with Crippen molar-refractivity contribution in [2.75, 3.05) is 20.6 Å². The van der Waals surface area contributed by atoms with E-state index in [1.54, 1.807) is 17.0 Å². The lowest BCUT2D eigenvalue weighted by Crippen LogP contribution is -2.30. The molecule has 3 nitrogen and oxygen atoms in total. The highest BCUT2D eigenvalue weighted by atomic mass is 79.9. The minimum absolute atomic E-state index is 0.165. The van der Waals surface area contributed by atoms with Gasteiger partial charge < -0.3 is 9.80 Å². The monoisotopic (exact) mass is 392 g/mol. The average Bonchev–Trinajstić information content (AvgIpc) is 2.55. The van der Waals surface area contributed by atoms with Gasteiger partial charge in [0.15, 0.2) is 0 Å². The van der Waals surface area contributed by atoms with E-state index in [4.69, 9.17) is 0 Å². The molecular weight excluding hydrogens is 371 g/mol. The van der Waals surface area contributed by atoms with Crippen LogP contribution in [0.2, 0.25) is 0 Å². The summed E-state index contributed by atoms with van der Waals surface area (Å²) < 4.78 is 14.0. The van der Waals surface area contributed by atoms with Crippen LogP contribution in [0, 0.1) is 5.82 Å². The molecule has 0 atom stereocenters. The molecule has 0 heterocycles. The zero-order valence-corrected chi connectivity index (χ0v) is 15.8. The second kappa shape index (κ2) is 8.40. The second-order valence-electron chi connectivity index (χ2n) is 6.00. The molecule has 5 heteroatoms. The molecule has 2 aromatic rings. The van der Waals surface area contributed by atoms with E-state index in [9.17, 15) is 9.18 Å². The average molecular weight is 393 g/mol. The van der Waals surface area contributed by atoms with Gasteiger partial charge in [-0.2, -0.15) is 0 Å². The maximum atomic E-state index is 13.7. The molecule has 0 unspecified atom stereocenters. The third-order valence-electron chi connectivity index (χ3n) is 3.73. The standard InChI is InChI=1S/C19H22BrFN2O/c1-4-23(19(24)16-9-10-17(20)18(21)11-16)13-15-7-5-14(6-8-15)12-22(2)3/h5-11H,4,12-13H2,1-3H3. The molecule has 0 radical (unpaired) electrons.